The number of carbonyl (C=O) groups excluding carboxylic acids is 4. The minimum atomic E-state index is -1.31. The number of benzene rings is 4. The molecule has 0 spiro atoms. The van der Waals surface area contributed by atoms with Crippen molar-refractivity contribution in [1.82, 2.24) is 26.3 Å². The number of carbonyl (C=O) groups is 5. The van der Waals surface area contributed by atoms with Crippen molar-refractivity contribution in [2.24, 2.45) is 11.8 Å². The van der Waals surface area contributed by atoms with E-state index in [1.807, 2.05) is 79.0 Å². The molecular weight excluding hydrogens is 683 g/mol. The van der Waals surface area contributed by atoms with Crippen LogP contribution in [0.1, 0.15) is 48.8 Å². The van der Waals surface area contributed by atoms with Gasteiger partial charge >= 0.3 is 5.97 Å². The van der Waals surface area contributed by atoms with Crippen molar-refractivity contribution in [2.75, 3.05) is 13.1 Å². The highest BCUT2D eigenvalue weighted by atomic mass is 16.4. The molecule has 280 valence electrons. The van der Waals surface area contributed by atoms with Crippen LogP contribution < -0.4 is 21.3 Å². The topological polar surface area (TPSA) is 169 Å². The molecule has 54 heavy (non-hydrogen) atoms. The largest absolute Gasteiger partial charge is 0.481 e. The maximum Gasteiger partial charge on any atom is 0.305 e. The Morgan fingerprint density at radius 2 is 1.26 bits per heavy atom. The lowest BCUT2D eigenvalue weighted by atomic mass is 9.77. The van der Waals surface area contributed by atoms with Gasteiger partial charge < -0.3 is 31.4 Å². The number of carboxylic acid groups (broad SMARTS) is 1. The van der Waals surface area contributed by atoms with Crippen LogP contribution in [0, 0.1) is 11.8 Å². The number of nitrogens with one attached hydrogen (secondary N) is 5. The smallest absolute Gasteiger partial charge is 0.305 e. The van der Waals surface area contributed by atoms with Gasteiger partial charge in [-0.05, 0) is 59.2 Å². The molecule has 11 heteroatoms. The lowest BCUT2D eigenvalue weighted by Gasteiger charge is -2.32. The molecule has 5 aromatic rings. The summed E-state index contributed by atoms with van der Waals surface area (Å²) in [6.45, 7) is 0.635. The Morgan fingerprint density at radius 1 is 0.667 bits per heavy atom. The van der Waals surface area contributed by atoms with Crippen molar-refractivity contribution in [2.45, 2.75) is 63.5 Å². The van der Waals surface area contributed by atoms with Crippen LogP contribution in [0.25, 0.3) is 21.7 Å². The normalized spacial score (nSPS) is 16.6. The zero-order chi connectivity index (χ0) is 37.9. The van der Waals surface area contributed by atoms with Crippen molar-refractivity contribution in [3.8, 4) is 0 Å². The third-order valence-corrected chi connectivity index (χ3v) is 10.3. The van der Waals surface area contributed by atoms with Gasteiger partial charge in [-0.1, -0.05) is 104 Å². The van der Waals surface area contributed by atoms with Gasteiger partial charge in [0.2, 0.25) is 23.6 Å². The van der Waals surface area contributed by atoms with Gasteiger partial charge in [0.1, 0.15) is 12.1 Å². The summed E-state index contributed by atoms with van der Waals surface area (Å²) < 4.78 is 0. The SMILES string of the molecule is O=C(O)C[C@@H](NC(=O)[C@@H]1CCCC[C@@H]1C(=O)N[C@@H](Cc1c[nH]c2ccccc12)C(=O)NCCc1ccc2ccccc2c1)C(=O)NCCc1ccccc1. The minimum absolute atomic E-state index is 0.227. The molecular formula is C43H47N5O6. The number of hydrogen-bond donors (Lipinski definition) is 6. The first-order chi connectivity index (χ1) is 26.2. The predicted octanol–water partition coefficient (Wildman–Crippen LogP) is 4.83. The lowest BCUT2D eigenvalue weighted by Crippen LogP contribution is -2.54. The van der Waals surface area contributed by atoms with E-state index in [9.17, 15) is 29.1 Å². The quantitative estimate of drug-likeness (QED) is 0.0850. The Bertz CT molecular complexity index is 2100. The van der Waals surface area contributed by atoms with Crippen molar-refractivity contribution < 1.29 is 29.1 Å². The van der Waals surface area contributed by atoms with Gasteiger partial charge in [0.05, 0.1) is 6.42 Å². The monoisotopic (exact) mass is 729 g/mol. The van der Waals surface area contributed by atoms with E-state index >= 15 is 0 Å². The molecule has 4 amide bonds. The average molecular weight is 730 g/mol. The van der Waals surface area contributed by atoms with Gasteiger partial charge in [-0.15, -0.1) is 0 Å². The van der Waals surface area contributed by atoms with Crippen LogP contribution in [-0.2, 0) is 43.2 Å². The molecule has 1 aliphatic rings. The average Bonchev–Trinajstić information content (AvgIpc) is 3.60. The standard InChI is InChI=1S/C43H47N5O6/c49-39(50)26-38(43(54)44-22-20-28-10-2-1-3-11-28)48-41(52)35-16-7-6-15-34(35)40(51)47-37(25-32-27-46-36-17-9-8-14-33(32)36)42(53)45-23-21-29-18-19-30-12-4-5-13-31(30)24-29/h1-5,8-14,17-19,24,27,34-35,37-38,46H,6-7,15-16,20-23,25-26H2,(H,44,54)(H,45,53)(H,47,51)(H,48,52)(H,49,50)/t34-,35+,37-,38+/m0/s1. The van der Waals surface area contributed by atoms with Crippen LogP contribution in [-0.4, -0.2) is 64.9 Å². The summed E-state index contributed by atoms with van der Waals surface area (Å²) in [5.41, 5.74) is 3.87. The molecule has 0 radical (unpaired) electrons. The van der Waals surface area contributed by atoms with E-state index in [0.29, 0.717) is 45.1 Å². The van der Waals surface area contributed by atoms with E-state index in [-0.39, 0.29) is 18.9 Å². The van der Waals surface area contributed by atoms with Gasteiger partial charge in [0, 0.05) is 48.4 Å². The Morgan fingerprint density at radius 3 is 1.96 bits per heavy atom. The summed E-state index contributed by atoms with van der Waals surface area (Å²) in [7, 11) is 0. The maximum absolute atomic E-state index is 14.1. The zero-order valence-corrected chi connectivity index (χ0v) is 30.2. The molecule has 0 saturated heterocycles. The van der Waals surface area contributed by atoms with Crippen LogP contribution in [0.3, 0.4) is 0 Å². The minimum Gasteiger partial charge on any atom is -0.481 e. The van der Waals surface area contributed by atoms with Crippen molar-refractivity contribution in [3.63, 3.8) is 0 Å². The number of rotatable bonds is 16. The Labute approximate surface area is 314 Å². The fraction of sp³-hybridized carbons (Fsp3) is 0.326. The van der Waals surface area contributed by atoms with Gasteiger partial charge in [0.25, 0.3) is 0 Å². The second kappa shape index (κ2) is 18.2. The molecule has 0 bridgehead atoms. The maximum atomic E-state index is 14.1. The van der Waals surface area contributed by atoms with E-state index in [2.05, 4.69) is 50.5 Å². The third-order valence-electron chi connectivity index (χ3n) is 10.3. The van der Waals surface area contributed by atoms with Gasteiger partial charge in [-0.25, -0.2) is 0 Å². The Hall–Kier alpha value is -5.97. The lowest BCUT2D eigenvalue weighted by molar-refractivity contribution is -0.142. The summed E-state index contributed by atoms with van der Waals surface area (Å²) >= 11 is 0. The first kappa shape index (κ1) is 37.8. The highest BCUT2D eigenvalue weighted by Crippen LogP contribution is 2.31. The number of fused-ring (bicyclic) bond motifs is 2. The molecule has 1 heterocycles. The van der Waals surface area contributed by atoms with Crippen molar-refractivity contribution in [3.05, 3.63) is 120 Å². The Balaban J connectivity index is 1.12. The molecule has 1 fully saturated rings. The second-order valence-corrected chi connectivity index (χ2v) is 14.0. The summed E-state index contributed by atoms with van der Waals surface area (Å²) in [5, 5.41) is 24.2. The summed E-state index contributed by atoms with van der Waals surface area (Å²) in [5.74, 6) is -4.70. The van der Waals surface area contributed by atoms with Crippen molar-refractivity contribution in [1.29, 1.82) is 0 Å². The number of hydrogen-bond acceptors (Lipinski definition) is 5. The van der Waals surface area contributed by atoms with Crippen LogP contribution >= 0.6 is 0 Å². The molecule has 6 rings (SSSR count). The van der Waals surface area contributed by atoms with Gasteiger partial charge in [-0.2, -0.15) is 0 Å². The molecule has 0 aliphatic heterocycles. The number of aliphatic carboxylic acids is 1. The summed E-state index contributed by atoms with van der Waals surface area (Å²) in [6.07, 6.45) is 4.84. The first-order valence-corrected chi connectivity index (χ1v) is 18.7. The highest BCUT2D eigenvalue weighted by Gasteiger charge is 2.39. The zero-order valence-electron chi connectivity index (χ0n) is 30.2. The first-order valence-electron chi connectivity index (χ1n) is 18.7. The highest BCUT2D eigenvalue weighted by molar-refractivity contribution is 5.95. The van der Waals surface area contributed by atoms with Crippen LogP contribution in [0.4, 0.5) is 0 Å². The second-order valence-electron chi connectivity index (χ2n) is 14.0. The number of aromatic nitrogens is 1. The van der Waals surface area contributed by atoms with Gasteiger partial charge in [-0.3, -0.25) is 24.0 Å². The molecule has 11 nitrogen and oxygen atoms in total. The predicted molar refractivity (Wildman–Crippen MR) is 207 cm³/mol. The molecule has 1 aliphatic carbocycles. The fourth-order valence-electron chi connectivity index (χ4n) is 7.38. The number of amides is 4. The van der Waals surface area contributed by atoms with Crippen molar-refractivity contribution >= 4 is 51.3 Å². The number of carboxylic acids is 1. The van der Waals surface area contributed by atoms with Crippen LogP contribution in [0.2, 0.25) is 0 Å². The van der Waals surface area contributed by atoms with E-state index in [0.717, 1.165) is 38.4 Å². The Kier molecular flexibility index (Phi) is 12.7. The van der Waals surface area contributed by atoms with E-state index in [1.165, 1.54) is 0 Å². The molecule has 4 atom stereocenters. The fourth-order valence-corrected chi connectivity index (χ4v) is 7.38. The van der Waals surface area contributed by atoms with E-state index in [1.54, 1.807) is 0 Å². The molecule has 0 unspecified atom stereocenters. The summed E-state index contributed by atoms with van der Waals surface area (Å²) in [4.78, 5) is 69.7. The summed E-state index contributed by atoms with van der Waals surface area (Å²) in [6, 6.07) is 29.4. The number of H-pyrrole nitrogens is 1. The molecule has 1 aromatic heterocycles. The van der Waals surface area contributed by atoms with E-state index in [4.69, 9.17) is 0 Å². The van der Waals surface area contributed by atoms with Crippen LogP contribution in [0.5, 0.6) is 0 Å². The van der Waals surface area contributed by atoms with Gasteiger partial charge in [0.15, 0.2) is 0 Å². The molecule has 1 saturated carbocycles. The molecule has 4 aromatic carbocycles. The number of para-hydroxylation sites is 1. The van der Waals surface area contributed by atoms with E-state index < -0.39 is 54.0 Å². The third kappa shape index (κ3) is 9.91. The van der Waals surface area contributed by atoms with Crippen LogP contribution in [0.15, 0.2) is 103 Å². The number of aromatic amines is 1. The molecule has 6 N–H and O–H groups in total.